The lowest BCUT2D eigenvalue weighted by Gasteiger charge is -2.19. The number of hydrogen-bond donors (Lipinski definition) is 0. The minimum atomic E-state index is -0.311. The van der Waals surface area contributed by atoms with Crippen LogP contribution in [0.15, 0.2) is 85.5 Å². The first-order valence-electron chi connectivity index (χ1n) is 11.2. The molecule has 0 aliphatic heterocycles. The van der Waals surface area contributed by atoms with Crippen LogP contribution >= 0.6 is 46.4 Å². The summed E-state index contributed by atoms with van der Waals surface area (Å²) in [6.07, 6.45) is 6.69. The van der Waals surface area contributed by atoms with Gasteiger partial charge in [-0.3, -0.25) is 0 Å². The molecule has 1 heterocycles. The Hall–Kier alpha value is -1.73. The topological polar surface area (TPSA) is 27.3 Å². The van der Waals surface area contributed by atoms with E-state index in [9.17, 15) is 0 Å². The standard InChI is InChI=1S/C27H25Cl4N2O2.BrH/c28-21-8-7-20(25(30)15-21)18-35-27(24-10-9-22(29)16-26(24)31)17-33-13-12-32(19-33)11-4-14-34-23-5-2-1-3-6-23;/h1-3,5-10,12-13,15-16,19,27H,4,11,14,17-18H2;1H/q+1;/p-1. The lowest BCUT2D eigenvalue weighted by atomic mass is 10.1. The van der Waals surface area contributed by atoms with E-state index in [0.717, 1.165) is 29.8 Å². The summed E-state index contributed by atoms with van der Waals surface area (Å²) in [5.41, 5.74) is 1.71. The monoisotopic (exact) mass is 628 g/mol. The van der Waals surface area contributed by atoms with E-state index >= 15 is 0 Å². The van der Waals surface area contributed by atoms with E-state index in [4.69, 9.17) is 55.9 Å². The first-order valence-corrected chi connectivity index (χ1v) is 12.7. The molecule has 0 fully saturated rings. The van der Waals surface area contributed by atoms with Gasteiger partial charge in [0.1, 0.15) is 30.8 Å². The van der Waals surface area contributed by atoms with Gasteiger partial charge in [-0.15, -0.1) is 0 Å². The lowest BCUT2D eigenvalue weighted by molar-refractivity contribution is -0.704. The van der Waals surface area contributed by atoms with Crippen LogP contribution in [0.2, 0.25) is 20.1 Å². The second-order valence-electron chi connectivity index (χ2n) is 8.06. The highest BCUT2D eigenvalue weighted by Gasteiger charge is 2.20. The van der Waals surface area contributed by atoms with Crippen molar-refractivity contribution in [2.75, 3.05) is 6.61 Å². The van der Waals surface area contributed by atoms with Crippen LogP contribution in [-0.4, -0.2) is 11.2 Å². The van der Waals surface area contributed by atoms with Gasteiger partial charge >= 0.3 is 0 Å². The summed E-state index contributed by atoms with van der Waals surface area (Å²) >= 11 is 25.0. The van der Waals surface area contributed by atoms with Gasteiger partial charge in [0.2, 0.25) is 6.33 Å². The number of nitrogens with zero attached hydrogens (tertiary/aromatic N) is 2. The molecule has 1 aromatic heterocycles. The van der Waals surface area contributed by atoms with E-state index in [1.54, 1.807) is 18.2 Å². The third-order valence-electron chi connectivity index (χ3n) is 5.46. The SMILES string of the molecule is Clc1ccc(COC(C[n+]2ccn(CCCOc3ccccc3)c2)c2ccc(Cl)cc2Cl)c(Cl)c1.[Br-]. The number of ether oxygens (including phenoxy) is 2. The molecule has 9 heteroatoms. The fourth-order valence-electron chi connectivity index (χ4n) is 3.66. The van der Waals surface area contributed by atoms with Gasteiger partial charge in [0.15, 0.2) is 0 Å². The average molecular weight is 631 g/mol. The summed E-state index contributed by atoms with van der Waals surface area (Å²) in [4.78, 5) is 0. The van der Waals surface area contributed by atoms with Crippen molar-refractivity contribution in [3.05, 3.63) is 117 Å². The van der Waals surface area contributed by atoms with Crippen molar-refractivity contribution < 1.29 is 31.0 Å². The highest BCUT2D eigenvalue weighted by molar-refractivity contribution is 6.35. The zero-order valence-electron chi connectivity index (χ0n) is 19.3. The molecule has 0 amide bonds. The number of benzene rings is 3. The van der Waals surface area contributed by atoms with Crippen LogP contribution in [0.5, 0.6) is 5.75 Å². The van der Waals surface area contributed by atoms with Crippen molar-refractivity contribution in [1.29, 1.82) is 0 Å². The van der Waals surface area contributed by atoms with Crippen molar-refractivity contribution in [3.63, 3.8) is 0 Å². The van der Waals surface area contributed by atoms with E-state index in [1.165, 1.54) is 0 Å². The number of rotatable bonds is 11. The Kier molecular flexibility index (Phi) is 11.4. The van der Waals surface area contributed by atoms with Crippen molar-refractivity contribution >= 4 is 46.4 Å². The van der Waals surface area contributed by atoms with Gasteiger partial charge in [-0.1, -0.05) is 76.7 Å². The first kappa shape index (κ1) is 28.8. The number of aryl methyl sites for hydroxylation is 1. The summed E-state index contributed by atoms with van der Waals surface area (Å²) < 4.78 is 16.3. The number of imidazole rings is 1. The van der Waals surface area contributed by atoms with E-state index in [-0.39, 0.29) is 23.1 Å². The molecule has 4 rings (SSSR count). The number of aromatic nitrogens is 2. The molecule has 0 aliphatic carbocycles. The van der Waals surface area contributed by atoms with Crippen molar-refractivity contribution in [1.82, 2.24) is 4.57 Å². The van der Waals surface area contributed by atoms with E-state index < -0.39 is 0 Å². The lowest BCUT2D eigenvalue weighted by Crippen LogP contribution is -3.00. The summed E-state index contributed by atoms with van der Waals surface area (Å²) in [5.74, 6) is 0.885. The van der Waals surface area contributed by atoms with Crippen LogP contribution in [0.25, 0.3) is 0 Å². The summed E-state index contributed by atoms with van der Waals surface area (Å²) in [7, 11) is 0. The largest absolute Gasteiger partial charge is 1.00 e. The normalized spacial score (nSPS) is 11.7. The van der Waals surface area contributed by atoms with Gasteiger partial charge in [0.05, 0.1) is 19.8 Å². The molecule has 3 aromatic carbocycles. The molecular weight excluding hydrogens is 606 g/mol. The minimum Gasteiger partial charge on any atom is -1.00 e. The maximum Gasteiger partial charge on any atom is 0.243 e. The second-order valence-corrected chi connectivity index (χ2v) is 9.75. The average Bonchev–Trinajstić information content (AvgIpc) is 3.28. The molecule has 1 unspecified atom stereocenters. The molecule has 0 saturated carbocycles. The van der Waals surface area contributed by atoms with Crippen LogP contribution < -0.4 is 26.3 Å². The molecule has 0 bridgehead atoms. The molecule has 190 valence electrons. The number of para-hydroxylation sites is 1. The van der Waals surface area contributed by atoms with Crippen LogP contribution in [0, 0.1) is 0 Å². The summed E-state index contributed by atoms with van der Waals surface area (Å²) in [6.45, 7) is 2.38. The zero-order chi connectivity index (χ0) is 24.6. The van der Waals surface area contributed by atoms with Gasteiger partial charge in [-0.25, -0.2) is 9.13 Å². The Balaban J connectivity index is 0.00000361. The van der Waals surface area contributed by atoms with Gasteiger partial charge in [0, 0.05) is 32.1 Å². The van der Waals surface area contributed by atoms with E-state index in [0.29, 0.717) is 39.8 Å². The third kappa shape index (κ3) is 8.41. The fraction of sp³-hybridized carbons (Fsp3) is 0.222. The molecule has 36 heavy (non-hydrogen) atoms. The zero-order valence-corrected chi connectivity index (χ0v) is 23.9. The molecule has 4 nitrogen and oxygen atoms in total. The molecule has 0 saturated heterocycles. The van der Waals surface area contributed by atoms with E-state index in [2.05, 4.69) is 15.5 Å². The quantitative estimate of drug-likeness (QED) is 0.176. The van der Waals surface area contributed by atoms with Crippen LogP contribution in [-0.2, 0) is 24.4 Å². The minimum absolute atomic E-state index is 0. The first-order chi connectivity index (χ1) is 17.0. The predicted octanol–water partition coefficient (Wildman–Crippen LogP) is 4.82. The molecule has 1 atom stereocenters. The van der Waals surface area contributed by atoms with Crippen molar-refractivity contribution in [2.24, 2.45) is 0 Å². The molecular formula is C27H25BrCl4N2O2. The van der Waals surface area contributed by atoms with Gasteiger partial charge < -0.3 is 26.5 Å². The predicted molar refractivity (Wildman–Crippen MR) is 142 cm³/mol. The maximum atomic E-state index is 6.53. The molecule has 0 aliphatic rings. The van der Waals surface area contributed by atoms with Crippen LogP contribution in [0.1, 0.15) is 23.7 Å². The van der Waals surface area contributed by atoms with Gasteiger partial charge in [-0.2, -0.15) is 0 Å². The number of halogens is 5. The van der Waals surface area contributed by atoms with Crippen LogP contribution in [0.4, 0.5) is 0 Å². The Bertz CT molecular complexity index is 1250. The van der Waals surface area contributed by atoms with Gasteiger partial charge in [-0.05, 0) is 42.0 Å². The highest BCUT2D eigenvalue weighted by Crippen LogP contribution is 2.30. The Morgan fingerprint density at radius 2 is 1.58 bits per heavy atom. The van der Waals surface area contributed by atoms with Crippen molar-refractivity contribution in [2.45, 2.75) is 32.2 Å². The molecule has 0 N–H and O–H groups in total. The van der Waals surface area contributed by atoms with Gasteiger partial charge in [0.25, 0.3) is 0 Å². The number of hydrogen-bond acceptors (Lipinski definition) is 2. The highest BCUT2D eigenvalue weighted by atomic mass is 79.9. The third-order valence-corrected chi connectivity index (χ3v) is 6.61. The Morgan fingerprint density at radius 3 is 2.31 bits per heavy atom. The molecule has 0 spiro atoms. The smallest absolute Gasteiger partial charge is 0.243 e. The summed E-state index contributed by atoms with van der Waals surface area (Å²) in [6, 6.07) is 20.7. The fourth-order valence-corrected chi connectivity index (χ4v) is 4.65. The van der Waals surface area contributed by atoms with E-state index in [1.807, 2.05) is 60.9 Å². The maximum absolute atomic E-state index is 6.53. The Morgan fingerprint density at radius 1 is 0.861 bits per heavy atom. The van der Waals surface area contributed by atoms with Crippen molar-refractivity contribution in [3.8, 4) is 5.75 Å². The molecule has 4 aromatic rings. The molecule has 0 radical (unpaired) electrons. The van der Waals surface area contributed by atoms with Crippen LogP contribution in [0.3, 0.4) is 0 Å². The Labute approximate surface area is 242 Å². The second kappa shape index (κ2) is 14.3. The summed E-state index contributed by atoms with van der Waals surface area (Å²) in [5, 5.41) is 2.29.